The number of carbonyl (C=O) groups excluding carboxylic acids is 2. The standard InChI is InChI=1S/C24H33FN4O5/c1-15(2)13-24(6,26)14-33-19-9-8-16(12-17(19)25)18-10-11-27-20(28-18)29(21(30)32-7)22(31)34-23(3,4)5/h8-12,15H,13-14,26H2,1-7H3. The number of anilines is 1. The molecular weight excluding hydrogens is 443 g/mol. The van der Waals surface area contributed by atoms with Gasteiger partial charge in [-0.15, -0.1) is 4.90 Å². The Kier molecular flexibility index (Phi) is 8.55. The van der Waals surface area contributed by atoms with Crippen molar-refractivity contribution in [1.82, 2.24) is 9.97 Å². The van der Waals surface area contributed by atoms with Crippen molar-refractivity contribution >= 4 is 18.1 Å². The number of methoxy groups -OCH3 is 1. The lowest BCUT2D eigenvalue weighted by Crippen LogP contribution is -2.43. The van der Waals surface area contributed by atoms with Crippen molar-refractivity contribution in [3.8, 4) is 17.0 Å². The summed E-state index contributed by atoms with van der Waals surface area (Å²) >= 11 is 0. The Morgan fingerprint density at radius 2 is 1.82 bits per heavy atom. The van der Waals surface area contributed by atoms with Gasteiger partial charge < -0.3 is 19.9 Å². The molecule has 186 valence electrons. The third kappa shape index (κ3) is 7.65. The zero-order valence-electron chi connectivity index (χ0n) is 20.7. The molecule has 0 spiro atoms. The molecule has 0 aliphatic rings. The molecule has 0 saturated heterocycles. The third-order valence-corrected chi connectivity index (χ3v) is 4.44. The minimum Gasteiger partial charge on any atom is -0.489 e. The average Bonchev–Trinajstić information content (AvgIpc) is 2.70. The molecule has 0 aliphatic heterocycles. The molecule has 0 saturated carbocycles. The normalized spacial score (nSPS) is 13.2. The van der Waals surface area contributed by atoms with E-state index in [1.807, 2.05) is 6.92 Å². The Morgan fingerprint density at radius 3 is 2.38 bits per heavy atom. The van der Waals surface area contributed by atoms with E-state index in [9.17, 15) is 14.0 Å². The van der Waals surface area contributed by atoms with E-state index < -0.39 is 29.1 Å². The van der Waals surface area contributed by atoms with Gasteiger partial charge in [0.15, 0.2) is 11.6 Å². The molecule has 34 heavy (non-hydrogen) atoms. The van der Waals surface area contributed by atoms with E-state index in [-0.39, 0.29) is 24.0 Å². The van der Waals surface area contributed by atoms with Crippen LogP contribution in [0.4, 0.5) is 19.9 Å². The predicted octanol–water partition coefficient (Wildman–Crippen LogP) is 4.93. The molecule has 1 atom stereocenters. The maximum absolute atomic E-state index is 14.8. The van der Waals surface area contributed by atoms with Crippen LogP contribution in [0.3, 0.4) is 0 Å². The van der Waals surface area contributed by atoms with Crippen LogP contribution in [0.1, 0.15) is 48.0 Å². The van der Waals surface area contributed by atoms with Crippen molar-refractivity contribution in [1.29, 1.82) is 0 Å². The van der Waals surface area contributed by atoms with Crippen LogP contribution in [0.2, 0.25) is 0 Å². The summed E-state index contributed by atoms with van der Waals surface area (Å²) in [6, 6.07) is 5.84. The highest BCUT2D eigenvalue weighted by molar-refractivity contribution is 6.08. The molecular formula is C24H33FN4O5. The van der Waals surface area contributed by atoms with Crippen LogP contribution in [-0.4, -0.2) is 47.0 Å². The number of hydrogen-bond donors (Lipinski definition) is 1. The molecule has 1 unspecified atom stereocenters. The van der Waals surface area contributed by atoms with Crippen LogP contribution in [-0.2, 0) is 9.47 Å². The van der Waals surface area contributed by atoms with E-state index >= 15 is 0 Å². The van der Waals surface area contributed by atoms with Crippen LogP contribution < -0.4 is 15.4 Å². The molecule has 10 heteroatoms. The van der Waals surface area contributed by atoms with Gasteiger partial charge in [-0.2, -0.15) is 0 Å². The van der Waals surface area contributed by atoms with Crippen LogP contribution in [0.15, 0.2) is 30.5 Å². The smallest absolute Gasteiger partial charge is 0.427 e. The van der Waals surface area contributed by atoms with E-state index in [0.29, 0.717) is 16.4 Å². The first-order chi connectivity index (χ1) is 15.7. The van der Waals surface area contributed by atoms with E-state index in [1.165, 1.54) is 24.4 Å². The largest absolute Gasteiger partial charge is 0.489 e. The van der Waals surface area contributed by atoms with Gasteiger partial charge in [0.25, 0.3) is 0 Å². The molecule has 0 radical (unpaired) electrons. The SMILES string of the molecule is COC(=O)N(C(=O)OC(C)(C)C)c1nccc(-c2ccc(OCC(C)(N)CC(C)C)c(F)c2)n1. The van der Waals surface area contributed by atoms with Gasteiger partial charge in [0.1, 0.15) is 12.2 Å². The number of imide groups is 1. The Labute approximate surface area is 199 Å². The lowest BCUT2D eigenvalue weighted by molar-refractivity contribution is 0.0573. The number of carbonyl (C=O) groups is 2. The fourth-order valence-corrected chi connectivity index (χ4v) is 3.27. The predicted molar refractivity (Wildman–Crippen MR) is 126 cm³/mol. The maximum Gasteiger partial charge on any atom is 0.427 e. The van der Waals surface area contributed by atoms with Crippen molar-refractivity contribution in [3.05, 3.63) is 36.3 Å². The minimum atomic E-state index is -1.02. The molecule has 1 aromatic carbocycles. The second-order valence-corrected chi connectivity index (χ2v) is 9.71. The van der Waals surface area contributed by atoms with Crippen molar-refractivity contribution in [3.63, 3.8) is 0 Å². The summed E-state index contributed by atoms with van der Waals surface area (Å²) in [4.78, 5) is 33.6. The van der Waals surface area contributed by atoms with Crippen molar-refractivity contribution in [2.45, 2.75) is 59.1 Å². The summed E-state index contributed by atoms with van der Waals surface area (Å²) in [5, 5.41) is 0. The Bertz CT molecular complexity index is 1020. The fraction of sp³-hybridized carbons (Fsp3) is 0.500. The van der Waals surface area contributed by atoms with Crippen LogP contribution in [0, 0.1) is 11.7 Å². The van der Waals surface area contributed by atoms with E-state index in [4.69, 9.17) is 15.2 Å². The first-order valence-electron chi connectivity index (χ1n) is 10.9. The quantitative estimate of drug-likeness (QED) is 0.598. The Balaban J connectivity index is 2.29. The number of amides is 2. The lowest BCUT2D eigenvalue weighted by atomic mass is 9.93. The fourth-order valence-electron chi connectivity index (χ4n) is 3.27. The average molecular weight is 477 g/mol. The summed E-state index contributed by atoms with van der Waals surface area (Å²) in [5.41, 5.74) is 5.44. The van der Waals surface area contributed by atoms with Crippen LogP contribution in [0.25, 0.3) is 11.3 Å². The highest BCUT2D eigenvalue weighted by Gasteiger charge is 2.32. The number of nitrogens with two attached hydrogens (primary N) is 1. The van der Waals surface area contributed by atoms with Gasteiger partial charge in [0.2, 0.25) is 5.95 Å². The molecule has 2 amide bonds. The van der Waals surface area contributed by atoms with E-state index in [2.05, 4.69) is 28.6 Å². The second kappa shape index (κ2) is 10.8. The molecule has 2 aromatic rings. The Hall–Kier alpha value is -3.27. The van der Waals surface area contributed by atoms with Crippen molar-refractivity contribution < 1.29 is 28.2 Å². The van der Waals surface area contributed by atoms with Gasteiger partial charge in [-0.25, -0.2) is 23.9 Å². The van der Waals surface area contributed by atoms with Gasteiger partial charge in [-0.1, -0.05) is 13.8 Å². The van der Waals surface area contributed by atoms with Crippen molar-refractivity contribution in [2.24, 2.45) is 11.7 Å². The number of halogens is 1. The number of ether oxygens (including phenoxy) is 3. The number of aromatic nitrogens is 2. The van der Waals surface area contributed by atoms with Crippen LogP contribution in [0.5, 0.6) is 5.75 Å². The van der Waals surface area contributed by atoms with Crippen LogP contribution >= 0.6 is 0 Å². The first kappa shape index (κ1) is 27.0. The molecule has 1 aromatic heterocycles. The van der Waals surface area contributed by atoms with E-state index in [0.717, 1.165) is 13.5 Å². The maximum atomic E-state index is 14.8. The minimum absolute atomic E-state index is 0.0587. The second-order valence-electron chi connectivity index (χ2n) is 9.71. The molecule has 0 aliphatic carbocycles. The molecule has 0 bridgehead atoms. The van der Waals surface area contributed by atoms with Crippen molar-refractivity contribution in [2.75, 3.05) is 18.6 Å². The van der Waals surface area contributed by atoms with Gasteiger partial charge in [-0.3, -0.25) is 0 Å². The molecule has 9 nitrogen and oxygen atoms in total. The molecule has 2 rings (SSSR count). The number of rotatable bonds is 7. The third-order valence-electron chi connectivity index (χ3n) is 4.44. The number of nitrogens with zero attached hydrogens (tertiary/aromatic N) is 3. The van der Waals surface area contributed by atoms with Gasteiger partial charge in [-0.05, 0) is 64.3 Å². The molecule has 2 N–H and O–H groups in total. The zero-order chi connectivity index (χ0) is 25.7. The zero-order valence-corrected chi connectivity index (χ0v) is 20.7. The topological polar surface area (TPSA) is 117 Å². The lowest BCUT2D eigenvalue weighted by Gasteiger charge is -2.26. The summed E-state index contributed by atoms with van der Waals surface area (Å²) < 4.78 is 30.3. The number of benzene rings is 1. The molecule has 0 fully saturated rings. The first-order valence-corrected chi connectivity index (χ1v) is 10.9. The number of hydrogen-bond acceptors (Lipinski definition) is 8. The van der Waals surface area contributed by atoms with Gasteiger partial charge in [0, 0.05) is 17.3 Å². The summed E-state index contributed by atoms with van der Waals surface area (Å²) in [5.74, 6) is -0.437. The van der Waals surface area contributed by atoms with E-state index in [1.54, 1.807) is 26.8 Å². The van der Waals surface area contributed by atoms with Gasteiger partial charge in [0.05, 0.1) is 12.8 Å². The molecule has 1 heterocycles. The highest BCUT2D eigenvalue weighted by Crippen LogP contribution is 2.27. The summed E-state index contributed by atoms with van der Waals surface area (Å²) in [6.45, 7) is 11.1. The highest BCUT2D eigenvalue weighted by atomic mass is 19.1. The monoisotopic (exact) mass is 476 g/mol. The summed E-state index contributed by atoms with van der Waals surface area (Å²) in [6.07, 6.45) is 0.0433. The summed E-state index contributed by atoms with van der Waals surface area (Å²) in [7, 11) is 1.12. The Morgan fingerprint density at radius 1 is 1.15 bits per heavy atom. The van der Waals surface area contributed by atoms with Gasteiger partial charge >= 0.3 is 12.2 Å².